The molecule has 0 bridgehead atoms. The van der Waals surface area contributed by atoms with Gasteiger partial charge in [-0.25, -0.2) is 4.79 Å². The minimum Gasteiger partial charge on any atom is -0.496 e. The van der Waals surface area contributed by atoms with Crippen LogP contribution >= 0.6 is 0 Å². The number of carboxylic acids is 1. The molecule has 0 spiro atoms. The third kappa shape index (κ3) is 4.63. The van der Waals surface area contributed by atoms with Gasteiger partial charge in [0, 0.05) is 52.5 Å². The minimum atomic E-state index is -2.26. The van der Waals surface area contributed by atoms with E-state index in [4.69, 9.17) is 13.6 Å². The summed E-state index contributed by atoms with van der Waals surface area (Å²) in [4.78, 5) is 16.9. The SMILES string of the molecule is [2H]C([2H])([2H])c1cc(OC)c(CN2CC[C@H](OCC3CC3)C[C@H]2c2ccc(C(=O)O)cc2)c2cc[nH]c12. The molecule has 2 fully saturated rings. The van der Waals surface area contributed by atoms with E-state index in [1.165, 1.54) is 12.8 Å². The zero-order chi connectivity index (χ0) is 25.4. The highest BCUT2D eigenvalue weighted by Gasteiger charge is 2.32. The second-order valence-electron chi connectivity index (χ2n) is 9.21. The molecule has 1 saturated carbocycles. The molecule has 6 heteroatoms. The van der Waals surface area contributed by atoms with Crippen LogP contribution in [0.25, 0.3) is 10.9 Å². The summed E-state index contributed by atoms with van der Waals surface area (Å²) in [6.45, 7) is -0.0828. The molecule has 3 aromatic rings. The van der Waals surface area contributed by atoms with Crippen LogP contribution in [0.15, 0.2) is 42.6 Å². The smallest absolute Gasteiger partial charge is 0.335 e. The van der Waals surface area contributed by atoms with Crippen LogP contribution in [0.1, 0.15) is 62.9 Å². The van der Waals surface area contributed by atoms with Crippen LogP contribution in [0.5, 0.6) is 5.75 Å². The molecule has 0 unspecified atom stereocenters. The number of H-pyrrole nitrogens is 1. The summed E-state index contributed by atoms with van der Waals surface area (Å²) in [5.74, 6) is 0.307. The number of aryl methyl sites for hydroxylation is 1. The Balaban J connectivity index is 1.47. The molecule has 5 rings (SSSR count). The van der Waals surface area contributed by atoms with Crippen LogP contribution in [-0.4, -0.2) is 47.3 Å². The number of methoxy groups -OCH3 is 1. The van der Waals surface area contributed by atoms with Gasteiger partial charge in [0.25, 0.3) is 0 Å². The lowest BCUT2D eigenvalue weighted by molar-refractivity contribution is -0.0229. The van der Waals surface area contributed by atoms with E-state index in [9.17, 15) is 9.90 Å². The minimum absolute atomic E-state index is 0.0341. The van der Waals surface area contributed by atoms with Gasteiger partial charge in [0.05, 0.1) is 18.8 Å². The maximum atomic E-state index is 11.4. The molecule has 2 N–H and O–H groups in total. The summed E-state index contributed by atoms with van der Waals surface area (Å²) < 4.78 is 35.9. The summed E-state index contributed by atoms with van der Waals surface area (Å²) in [5.41, 5.74) is 3.10. The second kappa shape index (κ2) is 9.20. The highest BCUT2D eigenvalue weighted by Crippen LogP contribution is 2.38. The molecule has 174 valence electrons. The molecule has 1 aliphatic carbocycles. The van der Waals surface area contributed by atoms with Crippen LogP contribution in [0.3, 0.4) is 0 Å². The zero-order valence-electron chi connectivity index (χ0n) is 21.8. The number of hydrogen-bond donors (Lipinski definition) is 2. The van der Waals surface area contributed by atoms with Crippen molar-refractivity contribution < 1.29 is 23.5 Å². The van der Waals surface area contributed by atoms with Crippen LogP contribution in [-0.2, 0) is 11.3 Å². The van der Waals surface area contributed by atoms with E-state index in [0.717, 1.165) is 42.5 Å². The summed E-state index contributed by atoms with van der Waals surface area (Å²) >= 11 is 0. The number of hydrogen-bond acceptors (Lipinski definition) is 4. The lowest BCUT2D eigenvalue weighted by Gasteiger charge is -2.40. The van der Waals surface area contributed by atoms with Gasteiger partial charge in [-0.15, -0.1) is 0 Å². The number of likely N-dealkylation sites (tertiary alicyclic amines) is 1. The van der Waals surface area contributed by atoms with E-state index in [2.05, 4.69) is 9.88 Å². The van der Waals surface area contributed by atoms with Gasteiger partial charge in [0.15, 0.2) is 0 Å². The van der Waals surface area contributed by atoms with Gasteiger partial charge in [-0.05, 0) is 73.8 Å². The first-order chi connectivity index (χ1) is 17.2. The maximum Gasteiger partial charge on any atom is 0.335 e. The quantitative estimate of drug-likeness (QED) is 0.485. The van der Waals surface area contributed by atoms with E-state index in [1.807, 2.05) is 18.2 Å². The first-order valence-corrected chi connectivity index (χ1v) is 11.6. The van der Waals surface area contributed by atoms with Crippen molar-refractivity contribution in [2.24, 2.45) is 5.92 Å². The maximum absolute atomic E-state index is 11.4. The van der Waals surface area contributed by atoms with Crippen molar-refractivity contribution in [1.29, 1.82) is 0 Å². The summed E-state index contributed by atoms with van der Waals surface area (Å²) in [7, 11) is 1.57. The first kappa shape index (κ1) is 18.6. The summed E-state index contributed by atoms with van der Waals surface area (Å²) in [5, 5.41) is 10.2. The van der Waals surface area contributed by atoms with Crippen molar-refractivity contribution in [3.8, 4) is 5.75 Å². The van der Waals surface area contributed by atoms with Crippen molar-refractivity contribution in [2.45, 2.75) is 51.2 Å². The predicted molar refractivity (Wildman–Crippen MR) is 128 cm³/mol. The average Bonchev–Trinajstić information content (AvgIpc) is 3.56. The molecule has 6 nitrogen and oxygen atoms in total. The fourth-order valence-electron chi connectivity index (χ4n) is 4.89. The Kier molecular flexibility index (Phi) is 5.18. The largest absolute Gasteiger partial charge is 0.496 e. The Hall–Kier alpha value is -2.83. The Morgan fingerprint density at radius 2 is 2.06 bits per heavy atom. The topological polar surface area (TPSA) is 74.8 Å². The number of piperidine rings is 1. The summed E-state index contributed by atoms with van der Waals surface area (Å²) in [6, 6.07) is 10.7. The van der Waals surface area contributed by atoms with Gasteiger partial charge in [-0.2, -0.15) is 0 Å². The Bertz CT molecular complexity index is 1230. The number of rotatable bonds is 8. The highest BCUT2D eigenvalue weighted by molar-refractivity contribution is 5.88. The van der Waals surface area contributed by atoms with E-state index < -0.39 is 12.8 Å². The Labute approximate surface area is 198 Å². The van der Waals surface area contributed by atoms with Crippen molar-refractivity contribution >= 4 is 16.9 Å². The van der Waals surface area contributed by atoms with Crippen LogP contribution in [0, 0.1) is 12.8 Å². The number of benzene rings is 2. The molecule has 1 aromatic heterocycles. The number of nitrogens with zero attached hydrogens (tertiary/aromatic N) is 1. The van der Waals surface area contributed by atoms with E-state index in [1.54, 1.807) is 31.5 Å². The number of aromatic nitrogens is 1. The van der Waals surface area contributed by atoms with Gasteiger partial charge < -0.3 is 19.6 Å². The number of aromatic amines is 1. The Morgan fingerprint density at radius 1 is 1.24 bits per heavy atom. The number of aromatic carboxylic acids is 1. The standard InChI is InChI=1S/C27H32N2O4/c1-17-13-25(32-2)23(22-9-11-28-26(17)22)15-29-12-10-21(33-16-18-3-4-18)14-24(29)19-5-7-20(8-6-19)27(30)31/h5-9,11,13,18,21,24,28H,3-4,10,12,14-16H2,1-2H3,(H,30,31)/t21-,24-/m0/s1/i1D3. The lowest BCUT2D eigenvalue weighted by atomic mass is 9.91. The lowest BCUT2D eigenvalue weighted by Crippen LogP contribution is -2.39. The van der Waals surface area contributed by atoms with Gasteiger partial charge >= 0.3 is 5.97 Å². The van der Waals surface area contributed by atoms with Crippen molar-refractivity contribution in [1.82, 2.24) is 9.88 Å². The summed E-state index contributed by atoms with van der Waals surface area (Å²) in [6.07, 6.45) is 6.13. The van der Waals surface area contributed by atoms with Gasteiger partial charge in [-0.1, -0.05) is 12.1 Å². The molecular weight excluding hydrogens is 416 g/mol. The monoisotopic (exact) mass is 451 g/mol. The van der Waals surface area contributed by atoms with Gasteiger partial charge in [-0.3, -0.25) is 4.90 Å². The molecule has 2 aromatic carbocycles. The molecule has 2 atom stereocenters. The third-order valence-corrected chi connectivity index (χ3v) is 6.97. The van der Waals surface area contributed by atoms with Crippen molar-refractivity contribution in [3.63, 3.8) is 0 Å². The number of ether oxygens (including phenoxy) is 2. The normalized spacial score (nSPS) is 23.1. The molecule has 2 heterocycles. The van der Waals surface area contributed by atoms with E-state index >= 15 is 0 Å². The molecule has 2 aliphatic rings. The fourth-order valence-corrected chi connectivity index (χ4v) is 4.89. The van der Waals surface area contributed by atoms with E-state index in [0.29, 0.717) is 23.7 Å². The number of fused-ring (bicyclic) bond motifs is 1. The number of carboxylic acid groups (broad SMARTS) is 1. The third-order valence-electron chi connectivity index (χ3n) is 6.97. The first-order valence-electron chi connectivity index (χ1n) is 13.1. The van der Waals surface area contributed by atoms with Crippen LogP contribution in [0.4, 0.5) is 0 Å². The fraction of sp³-hybridized carbons (Fsp3) is 0.444. The molecule has 33 heavy (non-hydrogen) atoms. The Morgan fingerprint density at radius 3 is 2.76 bits per heavy atom. The highest BCUT2D eigenvalue weighted by atomic mass is 16.5. The molecule has 0 radical (unpaired) electrons. The van der Waals surface area contributed by atoms with Crippen LogP contribution in [0.2, 0.25) is 0 Å². The average molecular weight is 452 g/mol. The molecule has 0 amide bonds. The van der Waals surface area contributed by atoms with Crippen molar-refractivity contribution in [2.75, 3.05) is 20.3 Å². The molecular formula is C27H32N2O4. The van der Waals surface area contributed by atoms with Crippen LogP contribution < -0.4 is 4.74 Å². The molecule has 1 saturated heterocycles. The second-order valence-corrected chi connectivity index (χ2v) is 9.21. The molecule has 1 aliphatic heterocycles. The number of carbonyl (C=O) groups is 1. The predicted octanol–water partition coefficient (Wildman–Crippen LogP) is 5.32. The van der Waals surface area contributed by atoms with Gasteiger partial charge in [0.2, 0.25) is 0 Å². The van der Waals surface area contributed by atoms with Gasteiger partial charge in [0.1, 0.15) is 5.75 Å². The zero-order valence-corrected chi connectivity index (χ0v) is 18.8. The van der Waals surface area contributed by atoms with Crippen molar-refractivity contribution in [3.05, 3.63) is 64.8 Å². The van der Waals surface area contributed by atoms with E-state index in [-0.39, 0.29) is 23.3 Å². The number of nitrogens with one attached hydrogen (secondary N) is 1.